The lowest BCUT2D eigenvalue weighted by Gasteiger charge is -2.34. The summed E-state index contributed by atoms with van der Waals surface area (Å²) in [4.78, 5) is 14.9. The maximum absolute atomic E-state index is 13.8. The number of benzene rings is 1. The van der Waals surface area contributed by atoms with Gasteiger partial charge in [-0.3, -0.25) is 9.69 Å². The van der Waals surface area contributed by atoms with Crippen LogP contribution in [0.3, 0.4) is 0 Å². The van der Waals surface area contributed by atoms with Crippen LogP contribution >= 0.6 is 15.9 Å². The molecule has 1 saturated heterocycles. The van der Waals surface area contributed by atoms with Gasteiger partial charge in [0.05, 0.1) is 25.5 Å². The molecule has 3 heterocycles. The average molecular weight is 502 g/mol. The quantitative estimate of drug-likeness (QED) is 0.657. The largest absolute Gasteiger partial charge is 0.410 e. The Morgan fingerprint density at radius 3 is 2.65 bits per heavy atom. The molecule has 2 atom stereocenters. The van der Waals surface area contributed by atoms with Gasteiger partial charge in [-0.05, 0) is 17.7 Å². The van der Waals surface area contributed by atoms with Gasteiger partial charge in [-0.1, -0.05) is 28.1 Å². The molecule has 1 aromatic carbocycles. The minimum Gasteiger partial charge on any atom is -0.379 e. The SMILES string of the molecule is O=C(NCCN1CCOCC1)c1cnn2c1NC(c1ccc(Br)cc1)CC2C(F)(F)F. The van der Waals surface area contributed by atoms with E-state index >= 15 is 0 Å². The van der Waals surface area contributed by atoms with Crippen molar-refractivity contribution in [3.63, 3.8) is 0 Å². The number of halogens is 4. The second-order valence-corrected chi connectivity index (χ2v) is 8.52. The smallest absolute Gasteiger partial charge is 0.379 e. The Morgan fingerprint density at radius 2 is 1.97 bits per heavy atom. The number of fused-ring (bicyclic) bond motifs is 1. The highest BCUT2D eigenvalue weighted by molar-refractivity contribution is 9.10. The maximum Gasteiger partial charge on any atom is 0.410 e. The van der Waals surface area contributed by atoms with Gasteiger partial charge >= 0.3 is 6.18 Å². The van der Waals surface area contributed by atoms with E-state index in [2.05, 4.69) is 36.6 Å². The molecule has 1 aromatic heterocycles. The summed E-state index contributed by atoms with van der Waals surface area (Å²) in [6.07, 6.45) is -3.49. The minimum absolute atomic E-state index is 0.0883. The molecule has 7 nitrogen and oxygen atoms in total. The number of hydrogen-bond acceptors (Lipinski definition) is 5. The predicted molar refractivity (Wildman–Crippen MR) is 112 cm³/mol. The Labute approximate surface area is 186 Å². The normalized spacial score (nSPS) is 21.9. The van der Waals surface area contributed by atoms with E-state index in [9.17, 15) is 18.0 Å². The molecule has 1 amide bonds. The minimum atomic E-state index is -4.49. The molecule has 0 bridgehead atoms. The number of amides is 1. The highest BCUT2D eigenvalue weighted by Crippen LogP contribution is 2.44. The lowest BCUT2D eigenvalue weighted by atomic mass is 9.96. The van der Waals surface area contributed by atoms with Crippen LogP contribution in [-0.2, 0) is 4.74 Å². The molecule has 2 unspecified atom stereocenters. The van der Waals surface area contributed by atoms with E-state index in [0.717, 1.165) is 22.2 Å². The van der Waals surface area contributed by atoms with E-state index in [-0.39, 0.29) is 17.8 Å². The van der Waals surface area contributed by atoms with Crippen LogP contribution < -0.4 is 10.6 Å². The van der Waals surface area contributed by atoms with Crippen LogP contribution in [0.5, 0.6) is 0 Å². The fraction of sp³-hybridized carbons (Fsp3) is 0.500. The molecule has 1 fully saturated rings. The van der Waals surface area contributed by atoms with Crippen molar-refractivity contribution in [2.45, 2.75) is 24.7 Å². The monoisotopic (exact) mass is 501 g/mol. The van der Waals surface area contributed by atoms with Gasteiger partial charge in [-0.2, -0.15) is 18.3 Å². The summed E-state index contributed by atoms with van der Waals surface area (Å²) in [6.45, 7) is 3.95. The summed E-state index contributed by atoms with van der Waals surface area (Å²) in [7, 11) is 0. The van der Waals surface area contributed by atoms with E-state index in [1.807, 2.05) is 0 Å². The molecule has 31 heavy (non-hydrogen) atoms. The van der Waals surface area contributed by atoms with Gasteiger partial charge in [0.15, 0.2) is 6.04 Å². The summed E-state index contributed by atoms with van der Waals surface area (Å²) in [5.41, 5.74) is 0.821. The number of ether oxygens (including phenoxy) is 1. The molecule has 0 radical (unpaired) electrons. The van der Waals surface area contributed by atoms with E-state index < -0.39 is 24.2 Å². The fourth-order valence-corrected chi connectivity index (χ4v) is 4.15. The van der Waals surface area contributed by atoms with E-state index in [1.54, 1.807) is 24.3 Å². The first-order valence-corrected chi connectivity index (χ1v) is 10.9. The van der Waals surface area contributed by atoms with Crippen molar-refractivity contribution >= 4 is 27.7 Å². The van der Waals surface area contributed by atoms with Crippen LogP contribution in [0.25, 0.3) is 0 Å². The lowest BCUT2D eigenvalue weighted by molar-refractivity contribution is -0.173. The van der Waals surface area contributed by atoms with Gasteiger partial charge in [0, 0.05) is 37.1 Å². The first-order chi connectivity index (χ1) is 14.8. The molecule has 0 saturated carbocycles. The van der Waals surface area contributed by atoms with Crippen LogP contribution in [0.15, 0.2) is 34.9 Å². The van der Waals surface area contributed by atoms with Crippen LogP contribution in [0, 0.1) is 0 Å². The average Bonchev–Trinajstić information content (AvgIpc) is 3.17. The summed E-state index contributed by atoms with van der Waals surface area (Å²) in [6, 6.07) is 4.69. The maximum atomic E-state index is 13.8. The van der Waals surface area contributed by atoms with Crippen molar-refractivity contribution in [1.29, 1.82) is 0 Å². The highest BCUT2D eigenvalue weighted by Gasteiger charge is 2.47. The second-order valence-electron chi connectivity index (χ2n) is 7.60. The number of alkyl halides is 3. The van der Waals surface area contributed by atoms with E-state index in [1.165, 1.54) is 6.20 Å². The molecular weight excluding hydrogens is 479 g/mol. The first-order valence-electron chi connectivity index (χ1n) is 10.1. The molecule has 0 spiro atoms. The van der Waals surface area contributed by atoms with Gasteiger partial charge in [0.2, 0.25) is 0 Å². The molecule has 2 aliphatic rings. The zero-order chi connectivity index (χ0) is 22.0. The van der Waals surface area contributed by atoms with Crippen molar-refractivity contribution in [2.75, 3.05) is 44.7 Å². The third-order valence-corrected chi connectivity index (χ3v) is 6.10. The lowest BCUT2D eigenvalue weighted by Crippen LogP contribution is -2.41. The fourth-order valence-electron chi connectivity index (χ4n) is 3.89. The standard InChI is InChI=1S/C20H23BrF3N5O2/c21-14-3-1-13(2-4-14)16-11-17(20(22,23)24)29-18(27-16)15(12-26-29)19(30)25-5-6-28-7-9-31-10-8-28/h1-4,12,16-17,27H,5-11H2,(H,25,30). The summed E-state index contributed by atoms with van der Waals surface area (Å²) in [5.74, 6) is -0.357. The first kappa shape index (κ1) is 22.1. The molecule has 0 aliphatic carbocycles. The van der Waals surface area contributed by atoms with Crippen LogP contribution in [0.2, 0.25) is 0 Å². The number of nitrogens with zero attached hydrogens (tertiary/aromatic N) is 3. The van der Waals surface area contributed by atoms with E-state index in [0.29, 0.717) is 31.9 Å². The zero-order valence-electron chi connectivity index (χ0n) is 16.7. The Kier molecular flexibility index (Phi) is 6.54. The molecule has 2 N–H and O–H groups in total. The number of carbonyl (C=O) groups is 1. The number of rotatable bonds is 5. The topological polar surface area (TPSA) is 71.4 Å². The molecule has 2 aromatic rings. The van der Waals surface area contributed by atoms with Crippen molar-refractivity contribution in [2.24, 2.45) is 0 Å². The van der Waals surface area contributed by atoms with Crippen molar-refractivity contribution in [3.8, 4) is 0 Å². The van der Waals surface area contributed by atoms with Gasteiger partial charge < -0.3 is 15.4 Å². The summed E-state index contributed by atoms with van der Waals surface area (Å²) < 4.78 is 48.4. The van der Waals surface area contributed by atoms with Gasteiger partial charge in [0.1, 0.15) is 11.4 Å². The number of morpholine rings is 1. The molecule has 11 heteroatoms. The van der Waals surface area contributed by atoms with Crippen molar-refractivity contribution in [3.05, 3.63) is 46.1 Å². The van der Waals surface area contributed by atoms with Gasteiger partial charge in [0.25, 0.3) is 5.91 Å². The zero-order valence-corrected chi connectivity index (χ0v) is 18.2. The highest BCUT2D eigenvalue weighted by atomic mass is 79.9. The van der Waals surface area contributed by atoms with Crippen LogP contribution in [-0.4, -0.2) is 66.2 Å². The second kappa shape index (κ2) is 9.17. The third kappa shape index (κ3) is 5.04. The molecule has 4 rings (SSSR count). The Morgan fingerprint density at radius 1 is 1.26 bits per heavy atom. The Bertz CT molecular complexity index is 913. The number of hydrogen-bond donors (Lipinski definition) is 2. The number of anilines is 1. The number of aromatic nitrogens is 2. The van der Waals surface area contributed by atoms with Gasteiger partial charge in [-0.25, -0.2) is 4.68 Å². The van der Waals surface area contributed by atoms with Gasteiger partial charge in [-0.15, -0.1) is 0 Å². The molecular formula is C20H23BrF3N5O2. The van der Waals surface area contributed by atoms with E-state index in [4.69, 9.17) is 4.74 Å². The number of nitrogens with one attached hydrogen (secondary N) is 2. The van der Waals surface area contributed by atoms with Crippen molar-refractivity contribution in [1.82, 2.24) is 20.0 Å². The van der Waals surface area contributed by atoms with Crippen LogP contribution in [0.4, 0.5) is 19.0 Å². The predicted octanol–water partition coefficient (Wildman–Crippen LogP) is 3.37. The summed E-state index contributed by atoms with van der Waals surface area (Å²) >= 11 is 3.34. The summed E-state index contributed by atoms with van der Waals surface area (Å²) in [5, 5.41) is 9.80. The van der Waals surface area contributed by atoms with Crippen LogP contribution in [0.1, 0.15) is 34.4 Å². The number of carbonyl (C=O) groups excluding carboxylic acids is 1. The molecule has 168 valence electrons. The Balaban J connectivity index is 1.51. The molecule has 2 aliphatic heterocycles. The Hall–Kier alpha value is -2.11. The third-order valence-electron chi connectivity index (χ3n) is 5.57. The van der Waals surface area contributed by atoms with Crippen molar-refractivity contribution < 1.29 is 22.7 Å².